The summed E-state index contributed by atoms with van der Waals surface area (Å²) in [5.74, 6) is -0.0721. The first kappa shape index (κ1) is 20.6. The molecule has 7 nitrogen and oxygen atoms in total. The van der Waals surface area contributed by atoms with Gasteiger partial charge in [-0.25, -0.2) is 8.42 Å². The Balaban J connectivity index is 0.000000257. The molecule has 0 aliphatic carbocycles. The van der Waals surface area contributed by atoms with Crippen molar-refractivity contribution in [2.24, 2.45) is 0 Å². The van der Waals surface area contributed by atoms with Gasteiger partial charge in [-0.2, -0.15) is 0 Å². The Morgan fingerprint density at radius 2 is 1.68 bits per heavy atom. The number of aliphatic carboxylic acids is 1. The Hall–Kier alpha value is -2.42. The van der Waals surface area contributed by atoms with Crippen LogP contribution < -0.4 is 10.5 Å². The third-order valence-corrected chi connectivity index (χ3v) is 4.17. The van der Waals surface area contributed by atoms with Crippen molar-refractivity contribution < 1.29 is 33.3 Å². The minimum atomic E-state index is -4.27. The highest BCUT2D eigenvalue weighted by atomic mass is 32.2. The summed E-state index contributed by atoms with van der Waals surface area (Å²) < 4.78 is 36.2. The number of methoxy groups -OCH3 is 1. The predicted molar refractivity (Wildman–Crippen MR) is 90.0 cm³/mol. The lowest BCUT2D eigenvalue weighted by Crippen LogP contribution is -2.54. The Morgan fingerprint density at radius 1 is 1.16 bits per heavy atom. The van der Waals surface area contributed by atoms with Crippen LogP contribution in [0.2, 0.25) is 0 Å². The molecule has 136 valence electrons. The molecule has 4 N–H and O–H groups in total. The van der Waals surface area contributed by atoms with Crippen LogP contribution in [0.4, 0.5) is 0 Å². The average Bonchev–Trinajstić information content (AvgIpc) is 2.54. The smallest absolute Gasteiger partial charge is 0.309 e. The first-order valence-corrected chi connectivity index (χ1v) is 8.75. The van der Waals surface area contributed by atoms with E-state index in [4.69, 9.17) is 9.84 Å². The lowest BCUT2D eigenvalue weighted by Gasteiger charge is -2.06. The summed E-state index contributed by atoms with van der Waals surface area (Å²) >= 11 is 0. The van der Waals surface area contributed by atoms with Gasteiger partial charge in [0.05, 0.1) is 12.0 Å². The highest BCUT2D eigenvalue weighted by Gasteiger charge is 2.13. The van der Waals surface area contributed by atoms with Crippen molar-refractivity contribution in [2.45, 2.75) is 24.3 Å². The molecule has 0 radical (unpaired) electrons. The van der Waals surface area contributed by atoms with E-state index < -0.39 is 16.1 Å². The number of carboxylic acids is 1. The van der Waals surface area contributed by atoms with Crippen molar-refractivity contribution in [3.8, 4) is 5.75 Å². The lowest BCUT2D eigenvalue weighted by molar-refractivity contribution is -0.425. The highest BCUT2D eigenvalue weighted by molar-refractivity contribution is 7.85. The molecule has 0 spiro atoms. The van der Waals surface area contributed by atoms with Gasteiger partial charge < -0.3 is 20.1 Å². The van der Waals surface area contributed by atoms with Gasteiger partial charge in [0.25, 0.3) is 0 Å². The number of hydrogen-bond donors (Lipinski definition) is 2. The van der Waals surface area contributed by atoms with Crippen molar-refractivity contribution in [3.05, 3.63) is 59.7 Å². The van der Waals surface area contributed by atoms with Crippen LogP contribution in [-0.4, -0.2) is 31.2 Å². The van der Waals surface area contributed by atoms with E-state index in [1.165, 1.54) is 12.1 Å². The van der Waals surface area contributed by atoms with Gasteiger partial charge in [0.15, 0.2) is 0 Å². The second-order valence-electron chi connectivity index (χ2n) is 5.34. The number of quaternary nitrogens is 1. The van der Waals surface area contributed by atoms with Gasteiger partial charge in [-0.15, -0.1) is 0 Å². The van der Waals surface area contributed by atoms with Crippen LogP contribution in [0, 0.1) is 6.92 Å². The zero-order chi connectivity index (χ0) is 19.0. The third kappa shape index (κ3) is 7.34. The summed E-state index contributed by atoms with van der Waals surface area (Å²) in [7, 11) is -2.68. The van der Waals surface area contributed by atoms with Gasteiger partial charge in [0.1, 0.15) is 28.3 Å². The molecule has 0 aliphatic heterocycles. The Bertz CT molecular complexity index is 785. The molecule has 0 aliphatic rings. The topological polar surface area (TPSA) is 131 Å². The maximum atomic E-state index is 10.4. The normalized spacial score (nSPS) is 11.8. The van der Waals surface area contributed by atoms with Crippen LogP contribution in [-0.2, 0) is 14.9 Å². The summed E-state index contributed by atoms with van der Waals surface area (Å²) in [6, 6.07) is 12.8. The van der Waals surface area contributed by atoms with Gasteiger partial charge >= 0.3 is 5.97 Å². The Kier molecular flexibility index (Phi) is 7.56. The fourth-order valence-electron chi connectivity index (χ4n) is 1.91. The Labute approximate surface area is 146 Å². The molecule has 0 saturated heterocycles. The van der Waals surface area contributed by atoms with Crippen molar-refractivity contribution in [1.29, 1.82) is 0 Å². The maximum Gasteiger partial charge on any atom is 0.309 e. The molecule has 2 aromatic carbocycles. The van der Waals surface area contributed by atoms with Gasteiger partial charge in [-0.05, 0) is 43.3 Å². The molecule has 0 aromatic heterocycles. The first-order valence-electron chi connectivity index (χ1n) is 7.35. The molecular formula is C17H21NO6S. The summed E-state index contributed by atoms with van der Waals surface area (Å²) in [4.78, 5) is 10.3. The predicted octanol–water partition coefficient (Wildman–Crippen LogP) is 1.35. The van der Waals surface area contributed by atoms with Gasteiger partial charge in [0, 0.05) is 5.56 Å². The molecule has 0 bridgehead atoms. The average molecular weight is 367 g/mol. The zero-order valence-corrected chi connectivity index (χ0v) is 14.8. The third-order valence-electron chi connectivity index (χ3n) is 3.32. The van der Waals surface area contributed by atoms with E-state index in [-0.39, 0.29) is 17.4 Å². The number of hydrogen-bond acceptors (Lipinski definition) is 5. The molecular weight excluding hydrogens is 346 g/mol. The largest absolute Gasteiger partial charge is 0.744 e. The van der Waals surface area contributed by atoms with Crippen LogP contribution in [0.25, 0.3) is 0 Å². The summed E-state index contributed by atoms with van der Waals surface area (Å²) in [5, 5.41) is 8.58. The van der Waals surface area contributed by atoms with E-state index in [9.17, 15) is 17.8 Å². The summed E-state index contributed by atoms with van der Waals surface area (Å²) in [6.45, 7) is 1.82. The second kappa shape index (κ2) is 9.16. The lowest BCUT2D eigenvalue weighted by atomic mass is 10.1. The second-order valence-corrected chi connectivity index (χ2v) is 6.71. The first-order chi connectivity index (χ1) is 11.6. The molecule has 0 fully saturated rings. The van der Waals surface area contributed by atoms with Gasteiger partial charge in [0.2, 0.25) is 0 Å². The minimum Gasteiger partial charge on any atom is -0.744 e. The van der Waals surface area contributed by atoms with Crippen LogP contribution in [0.5, 0.6) is 5.75 Å². The maximum absolute atomic E-state index is 10.4. The van der Waals surface area contributed by atoms with E-state index >= 15 is 0 Å². The van der Waals surface area contributed by atoms with Gasteiger partial charge in [-0.1, -0.05) is 17.7 Å². The van der Waals surface area contributed by atoms with E-state index in [0.717, 1.165) is 16.9 Å². The van der Waals surface area contributed by atoms with E-state index in [0.29, 0.717) is 0 Å². The highest BCUT2D eigenvalue weighted by Crippen LogP contribution is 2.16. The van der Waals surface area contributed by atoms with Crippen molar-refractivity contribution in [2.75, 3.05) is 7.11 Å². The molecule has 0 saturated carbocycles. The van der Waals surface area contributed by atoms with Crippen molar-refractivity contribution in [1.82, 2.24) is 0 Å². The zero-order valence-electron chi connectivity index (χ0n) is 14.0. The number of aryl methyl sites for hydroxylation is 1. The van der Waals surface area contributed by atoms with Crippen LogP contribution >= 0.6 is 0 Å². The van der Waals surface area contributed by atoms with E-state index in [1.807, 2.05) is 19.1 Å². The van der Waals surface area contributed by atoms with E-state index in [2.05, 4.69) is 5.73 Å². The minimum absolute atomic E-state index is 0.0479. The number of ether oxygens (including phenoxy) is 1. The molecule has 0 heterocycles. The molecule has 25 heavy (non-hydrogen) atoms. The molecule has 2 aromatic rings. The molecule has 8 heteroatoms. The van der Waals surface area contributed by atoms with Crippen molar-refractivity contribution in [3.63, 3.8) is 0 Å². The molecule has 1 atom stereocenters. The van der Waals surface area contributed by atoms with Crippen LogP contribution in [0.15, 0.2) is 53.4 Å². The standard InChI is InChI=1S/C10H13NO3.C7H8O3S/c1-14-8-4-2-7(3-5-8)9(11)6-10(12)13;1-6-2-4-7(5-3-6)11(8,9)10/h2-5,9H,6,11H2,1H3,(H,12,13);2-5H,1H3,(H,8,9,10)/t9-;/m0./s1. The molecule has 0 unspecified atom stereocenters. The van der Waals surface area contributed by atoms with E-state index in [1.54, 1.807) is 31.4 Å². The fraction of sp³-hybridized carbons (Fsp3) is 0.235. The number of rotatable bonds is 5. The number of carboxylic acid groups (broad SMARTS) is 1. The van der Waals surface area contributed by atoms with Crippen LogP contribution in [0.3, 0.4) is 0 Å². The van der Waals surface area contributed by atoms with Gasteiger partial charge in [-0.3, -0.25) is 4.79 Å². The van der Waals surface area contributed by atoms with Crippen LogP contribution in [0.1, 0.15) is 23.6 Å². The molecule has 0 amide bonds. The fourth-order valence-corrected chi connectivity index (χ4v) is 2.38. The molecule has 2 rings (SSSR count). The number of carbonyl (C=O) groups is 1. The Morgan fingerprint density at radius 3 is 2.08 bits per heavy atom. The number of benzene rings is 2. The van der Waals surface area contributed by atoms with Crippen molar-refractivity contribution >= 4 is 16.1 Å². The quantitative estimate of drug-likeness (QED) is 0.767. The summed E-state index contributed by atoms with van der Waals surface area (Å²) in [5.41, 5.74) is 5.62. The summed E-state index contributed by atoms with van der Waals surface area (Å²) in [6.07, 6.45) is 0.0479. The SMILES string of the molecule is COc1ccc([C@@H]([NH3+])CC(=O)O)cc1.Cc1ccc(S(=O)(=O)[O-])cc1. The monoisotopic (exact) mass is 367 g/mol.